The largest absolute Gasteiger partial charge is 0.507 e. The lowest BCUT2D eigenvalue weighted by molar-refractivity contribution is 0.102. The van der Waals surface area contributed by atoms with E-state index in [1.54, 1.807) is 6.07 Å². The van der Waals surface area contributed by atoms with Gasteiger partial charge in [0.2, 0.25) is 0 Å². The number of rotatable bonds is 2. The van der Waals surface area contributed by atoms with E-state index in [4.69, 9.17) is 11.6 Å². The van der Waals surface area contributed by atoms with E-state index in [1.165, 1.54) is 18.2 Å². The average molecular weight is 341 g/mol. The summed E-state index contributed by atoms with van der Waals surface area (Å²) in [4.78, 5) is 12.1. The molecule has 2 rings (SSSR count). The summed E-state index contributed by atoms with van der Waals surface area (Å²) >= 11 is 9.23. The number of aryl methyl sites for hydroxylation is 1. The molecule has 0 atom stereocenters. The number of amides is 1. The van der Waals surface area contributed by atoms with Gasteiger partial charge < -0.3 is 10.4 Å². The summed E-state index contributed by atoms with van der Waals surface area (Å²) < 4.78 is 0.810. The molecule has 0 unspecified atom stereocenters. The minimum atomic E-state index is -0.411. The fraction of sp³-hybridized carbons (Fsp3) is 0.0714. The molecule has 2 aromatic carbocycles. The van der Waals surface area contributed by atoms with Crippen LogP contribution < -0.4 is 5.32 Å². The van der Waals surface area contributed by atoms with Crippen molar-refractivity contribution in [3.63, 3.8) is 0 Å². The lowest BCUT2D eigenvalue weighted by Gasteiger charge is -2.10. The van der Waals surface area contributed by atoms with Crippen LogP contribution in [-0.2, 0) is 0 Å². The Hall–Kier alpha value is -1.52. The Bertz CT molecular complexity index is 643. The molecule has 98 valence electrons. The average Bonchev–Trinajstić information content (AvgIpc) is 2.38. The Morgan fingerprint density at radius 1 is 1.32 bits per heavy atom. The lowest BCUT2D eigenvalue weighted by Crippen LogP contribution is -2.12. The molecule has 0 aliphatic heterocycles. The summed E-state index contributed by atoms with van der Waals surface area (Å²) in [6, 6.07) is 9.88. The third-order valence-electron chi connectivity index (χ3n) is 2.64. The first-order valence-corrected chi connectivity index (χ1v) is 6.71. The second-order valence-corrected chi connectivity index (χ2v) is 5.28. The van der Waals surface area contributed by atoms with Gasteiger partial charge in [-0.05, 0) is 52.7 Å². The first-order chi connectivity index (χ1) is 8.99. The molecular weight excluding hydrogens is 330 g/mol. The summed E-state index contributed by atoms with van der Waals surface area (Å²) in [5.41, 5.74) is 1.79. The van der Waals surface area contributed by atoms with Gasteiger partial charge in [0.1, 0.15) is 5.75 Å². The molecule has 0 bridgehead atoms. The smallest absolute Gasteiger partial charge is 0.259 e. The van der Waals surface area contributed by atoms with E-state index in [0.717, 1.165) is 10.0 Å². The Kier molecular flexibility index (Phi) is 4.12. The van der Waals surface area contributed by atoms with Gasteiger partial charge in [-0.2, -0.15) is 0 Å². The number of carbonyl (C=O) groups excluding carboxylic acids is 1. The van der Waals surface area contributed by atoms with Crippen molar-refractivity contribution in [3.05, 3.63) is 57.0 Å². The van der Waals surface area contributed by atoms with Gasteiger partial charge in [0.05, 0.1) is 11.3 Å². The molecule has 0 aromatic heterocycles. The summed E-state index contributed by atoms with van der Waals surface area (Å²) in [5, 5.41) is 12.8. The molecule has 0 fully saturated rings. The van der Waals surface area contributed by atoms with Crippen molar-refractivity contribution in [1.29, 1.82) is 0 Å². The fourth-order valence-corrected chi connectivity index (χ4v) is 2.16. The molecule has 0 saturated heterocycles. The van der Waals surface area contributed by atoms with Gasteiger partial charge >= 0.3 is 0 Å². The van der Waals surface area contributed by atoms with Crippen LogP contribution in [0, 0.1) is 6.92 Å². The van der Waals surface area contributed by atoms with Gasteiger partial charge in [0, 0.05) is 9.50 Å². The molecule has 0 heterocycles. The predicted molar refractivity (Wildman–Crippen MR) is 79.9 cm³/mol. The van der Waals surface area contributed by atoms with Crippen molar-refractivity contribution in [1.82, 2.24) is 0 Å². The minimum Gasteiger partial charge on any atom is -0.507 e. The number of halogens is 2. The Labute approximate surface area is 124 Å². The number of anilines is 1. The second-order valence-electron chi connectivity index (χ2n) is 4.05. The topological polar surface area (TPSA) is 49.3 Å². The van der Waals surface area contributed by atoms with Crippen molar-refractivity contribution >= 4 is 39.1 Å². The monoisotopic (exact) mass is 339 g/mol. The van der Waals surface area contributed by atoms with Crippen LogP contribution in [0.3, 0.4) is 0 Å². The number of hydrogen-bond acceptors (Lipinski definition) is 2. The highest BCUT2D eigenvalue weighted by Gasteiger charge is 2.13. The van der Waals surface area contributed by atoms with E-state index < -0.39 is 5.91 Å². The summed E-state index contributed by atoms with van der Waals surface area (Å²) in [5.74, 6) is -0.517. The summed E-state index contributed by atoms with van der Waals surface area (Å²) in [6.45, 7) is 1.93. The maximum atomic E-state index is 12.1. The van der Waals surface area contributed by atoms with Crippen LogP contribution in [0.2, 0.25) is 5.02 Å². The van der Waals surface area contributed by atoms with Crippen molar-refractivity contribution in [2.24, 2.45) is 0 Å². The lowest BCUT2D eigenvalue weighted by atomic mass is 10.1. The highest BCUT2D eigenvalue weighted by molar-refractivity contribution is 9.10. The van der Waals surface area contributed by atoms with Crippen LogP contribution >= 0.6 is 27.5 Å². The second kappa shape index (κ2) is 5.63. The maximum Gasteiger partial charge on any atom is 0.259 e. The van der Waals surface area contributed by atoms with Crippen molar-refractivity contribution in [2.75, 3.05) is 5.32 Å². The van der Waals surface area contributed by atoms with E-state index in [0.29, 0.717) is 10.7 Å². The number of nitrogens with one attached hydrogen (secondary N) is 1. The van der Waals surface area contributed by atoms with Gasteiger partial charge in [-0.1, -0.05) is 23.7 Å². The van der Waals surface area contributed by atoms with Crippen LogP contribution in [-0.4, -0.2) is 11.0 Å². The minimum absolute atomic E-state index is 0.106. The Morgan fingerprint density at radius 3 is 2.79 bits per heavy atom. The van der Waals surface area contributed by atoms with E-state index in [9.17, 15) is 9.90 Å². The zero-order valence-electron chi connectivity index (χ0n) is 10.1. The molecule has 19 heavy (non-hydrogen) atoms. The third kappa shape index (κ3) is 3.08. The zero-order valence-corrected chi connectivity index (χ0v) is 12.4. The molecule has 0 aliphatic carbocycles. The third-order valence-corrected chi connectivity index (χ3v) is 3.93. The molecule has 0 aliphatic rings. The normalized spacial score (nSPS) is 10.3. The maximum absolute atomic E-state index is 12.1. The van der Waals surface area contributed by atoms with Gasteiger partial charge in [-0.3, -0.25) is 4.79 Å². The van der Waals surface area contributed by atoms with Crippen LogP contribution in [0.4, 0.5) is 5.69 Å². The van der Waals surface area contributed by atoms with Crippen LogP contribution in [0.15, 0.2) is 40.9 Å². The molecular formula is C14H11BrClNO2. The number of aromatic hydroxyl groups is 1. The highest BCUT2D eigenvalue weighted by Crippen LogP contribution is 2.28. The summed E-state index contributed by atoms with van der Waals surface area (Å²) in [7, 11) is 0. The quantitative estimate of drug-likeness (QED) is 0.853. The van der Waals surface area contributed by atoms with E-state index >= 15 is 0 Å². The SMILES string of the molecule is Cc1cccc(NC(=O)c2cc(Cl)ccc2O)c1Br. The Morgan fingerprint density at radius 2 is 2.05 bits per heavy atom. The molecule has 0 radical (unpaired) electrons. The van der Waals surface area contributed by atoms with E-state index in [1.807, 2.05) is 19.1 Å². The van der Waals surface area contributed by atoms with Crippen LogP contribution in [0.25, 0.3) is 0 Å². The van der Waals surface area contributed by atoms with E-state index in [2.05, 4.69) is 21.2 Å². The number of phenolic OH excluding ortho intramolecular Hbond substituents is 1. The first kappa shape index (κ1) is 13.9. The number of hydrogen-bond donors (Lipinski definition) is 2. The fourth-order valence-electron chi connectivity index (χ4n) is 1.62. The highest BCUT2D eigenvalue weighted by atomic mass is 79.9. The first-order valence-electron chi connectivity index (χ1n) is 5.54. The molecule has 3 nitrogen and oxygen atoms in total. The number of benzene rings is 2. The predicted octanol–water partition coefficient (Wildman–Crippen LogP) is 4.37. The number of carbonyl (C=O) groups is 1. The number of phenols is 1. The van der Waals surface area contributed by atoms with Gasteiger partial charge in [-0.25, -0.2) is 0 Å². The van der Waals surface area contributed by atoms with Crippen LogP contribution in [0.1, 0.15) is 15.9 Å². The van der Waals surface area contributed by atoms with Crippen molar-refractivity contribution in [2.45, 2.75) is 6.92 Å². The van der Waals surface area contributed by atoms with Crippen LogP contribution in [0.5, 0.6) is 5.75 Å². The molecule has 2 N–H and O–H groups in total. The molecule has 1 amide bonds. The van der Waals surface area contributed by atoms with E-state index in [-0.39, 0.29) is 11.3 Å². The van der Waals surface area contributed by atoms with Crippen molar-refractivity contribution in [3.8, 4) is 5.75 Å². The molecule has 0 saturated carbocycles. The molecule has 5 heteroatoms. The summed E-state index contributed by atoms with van der Waals surface area (Å²) in [6.07, 6.45) is 0. The van der Waals surface area contributed by atoms with Crippen molar-refractivity contribution < 1.29 is 9.90 Å². The molecule has 2 aromatic rings. The van der Waals surface area contributed by atoms with Gasteiger partial charge in [0.15, 0.2) is 0 Å². The Balaban J connectivity index is 2.31. The van der Waals surface area contributed by atoms with Gasteiger partial charge in [-0.15, -0.1) is 0 Å². The standard InChI is InChI=1S/C14H11BrClNO2/c1-8-3-2-4-11(13(8)15)17-14(19)10-7-9(16)5-6-12(10)18/h2-7,18H,1H3,(H,17,19). The molecule has 0 spiro atoms. The zero-order chi connectivity index (χ0) is 14.0. The van der Waals surface area contributed by atoms with Gasteiger partial charge in [0.25, 0.3) is 5.91 Å².